The Labute approximate surface area is 189 Å². The van der Waals surface area contributed by atoms with Gasteiger partial charge in [-0.3, -0.25) is 9.80 Å². The van der Waals surface area contributed by atoms with E-state index < -0.39 is 24.0 Å². The summed E-state index contributed by atoms with van der Waals surface area (Å²) in [4.78, 5) is 39.0. The van der Waals surface area contributed by atoms with Crippen LogP contribution in [0.3, 0.4) is 0 Å². The average Bonchev–Trinajstić information content (AvgIpc) is 3.18. The van der Waals surface area contributed by atoms with Gasteiger partial charge in [0, 0.05) is 16.1 Å². The number of hydrogen-bond donors (Lipinski definition) is 0. The molecule has 0 radical (unpaired) electrons. The first-order chi connectivity index (χ1) is 15.5. The first kappa shape index (κ1) is 21.5. The van der Waals surface area contributed by atoms with Crippen LogP contribution >= 0.6 is 11.6 Å². The van der Waals surface area contributed by atoms with Crippen molar-refractivity contribution in [1.82, 2.24) is 5.01 Å². The minimum Gasteiger partial charge on any atom is -0.466 e. The fourth-order valence-corrected chi connectivity index (χ4v) is 3.96. The van der Waals surface area contributed by atoms with Gasteiger partial charge in [0.05, 0.1) is 37.1 Å². The number of allylic oxidation sites excluding steroid dienone is 1. The molecule has 2 aromatic carbocycles. The number of hydrazone groups is 1. The molecule has 2 atom stereocenters. The van der Waals surface area contributed by atoms with Gasteiger partial charge in [-0.15, -0.1) is 0 Å². The molecule has 0 aliphatic carbocycles. The Kier molecular flexibility index (Phi) is 5.92. The smallest absolute Gasteiger partial charge is 0.337 e. The molecular formula is C24H19ClN2O5. The SMILES string of the molecule is COC(=O)C1=C(C(=O)OC)C(C(=O)c2ccccc2)N2N=C(c3ccc(Cl)cc3)C=CC12. The maximum absolute atomic E-state index is 13.5. The summed E-state index contributed by atoms with van der Waals surface area (Å²) in [6.07, 6.45) is 3.45. The lowest BCUT2D eigenvalue weighted by Gasteiger charge is -2.30. The largest absolute Gasteiger partial charge is 0.466 e. The normalized spacial score (nSPS) is 19.3. The van der Waals surface area contributed by atoms with Crippen molar-refractivity contribution < 1.29 is 23.9 Å². The van der Waals surface area contributed by atoms with Gasteiger partial charge in [0.25, 0.3) is 0 Å². The molecule has 162 valence electrons. The molecule has 2 heterocycles. The van der Waals surface area contributed by atoms with E-state index in [9.17, 15) is 14.4 Å². The van der Waals surface area contributed by atoms with Gasteiger partial charge in [-0.2, -0.15) is 5.10 Å². The van der Waals surface area contributed by atoms with E-state index >= 15 is 0 Å². The van der Waals surface area contributed by atoms with Crippen molar-refractivity contribution >= 4 is 35.0 Å². The van der Waals surface area contributed by atoms with Gasteiger partial charge in [-0.1, -0.05) is 60.1 Å². The molecule has 0 fully saturated rings. The molecule has 0 saturated heterocycles. The Morgan fingerprint density at radius 1 is 0.906 bits per heavy atom. The van der Waals surface area contributed by atoms with E-state index in [0.29, 0.717) is 16.3 Å². The number of benzene rings is 2. The van der Waals surface area contributed by atoms with Crippen molar-refractivity contribution in [2.24, 2.45) is 5.10 Å². The van der Waals surface area contributed by atoms with Gasteiger partial charge in [0.1, 0.15) is 6.04 Å². The van der Waals surface area contributed by atoms with Crippen LogP contribution in [-0.2, 0) is 19.1 Å². The van der Waals surface area contributed by atoms with E-state index in [1.165, 1.54) is 19.2 Å². The number of nitrogens with zero attached hydrogens (tertiary/aromatic N) is 2. The van der Waals surface area contributed by atoms with Gasteiger partial charge in [0.2, 0.25) is 0 Å². The van der Waals surface area contributed by atoms with Crippen LogP contribution in [0.15, 0.2) is 83.0 Å². The zero-order valence-electron chi connectivity index (χ0n) is 17.3. The lowest BCUT2D eigenvalue weighted by molar-refractivity contribution is -0.139. The molecule has 8 heteroatoms. The van der Waals surface area contributed by atoms with Crippen molar-refractivity contribution in [3.05, 3.63) is 94.0 Å². The third-order valence-corrected chi connectivity index (χ3v) is 5.58. The zero-order chi connectivity index (χ0) is 22.8. The molecule has 0 spiro atoms. The third kappa shape index (κ3) is 3.71. The molecule has 2 aromatic rings. The molecule has 0 N–H and O–H groups in total. The van der Waals surface area contributed by atoms with Gasteiger partial charge in [-0.05, 0) is 18.2 Å². The average molecular weight is 451 g/mol. The monoisotopic (exact) mass is 450 g/mol. The Bertz CT molecular complexity index is 1170. The highest BCUT2D eigenvalue weighted by atomic mass is 35.5. The molecular weight excluding hydrogens is 432 g/mol. The minimum absolute atomic E-state index is 0.0313. The summed E-state index contributed by atoms with van der Waals surface area (Å²) in [7, 11) is 2.42. The standard InChI is InChI=1S/C24H19ClN2O5/c1-31-23(29)19-18-13-12-17(14-8-10-16(25)11-9-14)26-27(18)21(20(19)24(30)32-2)22(28)15-6-4-3-5-7-15/h3-13,18,21H,1-2H3. The van der Waals surface area contributed by atoms with E-state index in [0.717, 1.165) is 5.56 Å². The number of ether oxygens (including phenoxy) is 2. The second kappa shape index (κ2) is 8.80. The van der Waals surface area contributed by atoms with Crippen LogP contribution < -0.4 is 0 Å². The maximum Gasteiger partial charge on any atom is 0.337 e. The Hall–Kier alpha value is -3.71. The van der Waals surface area contributed by atoms with Gasteiger partial charge in [0.15, 0.2) is 5.78 Å². The molecule has 0 aromatic heterocycles. The summed E-state index contributed by atoms with van der Waals surface area (Å²) in [5.41, 5.74) is 1.65. The van der Waals surface area contributed by atoms with E-state index in [-0.39, 0.29) is 16.9 Å². The summed E-state index contributed by atoms with van der Waals surface area (Å²) in [6.45, 7) is 0. The van der Waals surface area contributed by atoms with Gasteiger partial charge in [-0.25, -0.2) is 9.59 Å². The first-order valence-electron chi connectivity index (χ1n) is 9.77. The quantitative estimate of drug-likeness (QED) is 0.513. The number of rotatable bonds is 5. The third-order valence-electron chi connectivity index (χ3n) is 5.33. The zero-order valence-corrected chi connectivity index (χ0v) is 18.1. The lowest BCUT2D eigenvalue weighted by atomic mass is 9.96. The number of esters is 2. The van der Waals surface area contributed by atoms with Crippen LogP contribution in [0.4, 0.5) is 0 Å². The van der Waals surface area contributed by atoms with E-state index in [4.69, 9.17) is 21.1 Å². The molecule has 2 aliphatic heterocycles. The summed E-state index contributed by atoms with van der Waals surface area (Å²) in [6, 6.07) is 13.7. The molecule has 0 saturated carbocycles. The molecule has 2 aliphatic rings. The van der Waals surface area contributed by atoms with Crippen LogP contribution in [0.2, 0.25) is 5.02 Å². The fraction of sp³-hybridized carbons (Fsp3) is 0.167. The number of carbonyl (C=O) groups is 3. The van der Waals surface area contributed by atoms with Crippen molar-refractivity contribution in [2.75, 3.05) is 14.2 Å². The summed E-state index contributed by atoms with van der Waals surface area (Å²) >= 11 is 5.99. The Morgan fingerprint density at radius 2 is 1.53 bits per heavy atom. The van der Waals surface area contributed by atoms with Crippen LogP contribution in [-0.4, -0.2) is 54.7 Å². The Balaban J connectivity index is 1.87. The number of hydrogen-bond acceptors (Lipinski definition) is 7. The highest BCUT2D eigenvalue weighted by Gasteiger charge is 2.50. The fourth-order valence-electron chi connectivity index (χ4n) is 3.83. The number of fused-ring (bicyclic) bond motifs is 1. The van der Waals surface area contributed by atoms with Crippen LogP contribution in [0, 0.1) is 0 Å². The van der Waals surface area contributed by atoms with E-state index in [2.05, 4.69) is 5.10 Å². The predicted molar refractivity (Wildman–Crippen MR) is 118 cm³/mol. The van der Waals surface area contributed by atoms with Crippen molar-refractivity contribution in [1.29, 1.82) is 0 Å². The highest BCUT2D eigenvalue weighted by molar-refractivity contribution is 6.30. The summed E-state index contributed by atoms with van der Waals surface area (Å²) < 4.78 is 9.86. The summed E-state index contributed by atoms with van der Waals surface area (Å²) in [5, 5.41) is 6.68. The predicted octanol–water partition coefficient (Wildman–Crippen LogP) is 3.19. The van der Waals surface area contributed by atoms with E-state index in [1.54, 1.807) is 66.7 Å². The number of halogens is 1. The molecule has 0 amide bonds. The van der Waals surface area contributed by atoms with Gasteiger partial charge >= 0.3 is 11.9 Å². The Morgan fingerprint density at radius 3 is 2.16 bits per heavy atom. The molecule has 32 heavy (non-hydrogen) atoms. The second-order valence-electron chi connectivity index (χ2n) is 7.12. The molecule has 0 bridgehead atoms. The first-order valence-corrected chi connectivity index (χ1v) is 10.1. The topological polar surface area (TPSA) is 85.3 Å². The van der Waals surface area contributed by atoms with Crippen molar-refractivity contribution in [2.45, 2.75) is 12.1 Å². The molecule has 2 unspecified atom stereocenters. The van der Waals surface area contributed by atoms with Gasteiger partial charge < -0.3 is 9.47 Å². The lowest BCUT2D eigenvalue weighted by Crippen LogP contribution is -2.42. The van der Waals surface area contributed by atoms with Crippen molar-refractivity contribution in [3.63, 3.8) is 0 Å². The van der Waals surface area contributed by atoms with Crippen LogP contribution in [0.5, 0.6) is 0 Å². The molecule has 4 rings (SSSR count). The number of ketones is 1. The maximum atomic E-state index is 13.5. The summed E-state index contributed by atoms with van der Waals surface area (Å²) in [5.74, 6) is -1.89. The second-order valence-corrected chi connectivity index (χ2v) is 7.56. The highest BCUT2D eigenvalue weighted by Crippen LogP contribution is 2.37. The minimum atomic E-state index is -1.16. The van der Waals surface area contributed by atoms with Crippen LogP contribution in [0.25, 0.3) is 0 Å². The van der Waals surface area contributed by atoms with E-state index in [1.807, 2.05) is 0 Å². The number of carbonyl (C=O) groups excluding carboxylic acids is 3. The molecule has 7 nitrogen and oxygen atoms in total. The number of Topliss-reactive ketones (excluding diaryl/α,β-unsaturated/α-hetero) is 1. The number of methoxy groups -OCH3 is 2. The van der Waals surface area contributed by atoms with Crippen LogP contribution in [0.1, 0.15) is 15.9 Å². The van der Waals surface area contributed by atoms with Crippen molar-refractivity contribution in [3.8, 4) is 0 Å².